The summed E-state index contributed by atoms with van der Waals surface area (Å²) in [7, 11) is 0. The van der Waals surface area contributed by atoms with E-state index in [1.807, 2.05) is 13.0 Å². The van der Waals surface area contributed by atoms with E-state index >= 15 is 0 Å². The highest BCUT2D eigenvalue weighted by Gasteiger charge is 2.14. The van der Waals surface area contributed by atoms with E-state index in [0.29, 0.717) is 0 Å². The van der Waals surface area contributed by atoms with Gasteiger partial charge in [-0.2, -0.15) is 0 Å². The maximum atomic E-state index is 5.60. The highest BCUT2D eigenvalue weighted by atomic mass is 15.3. The summed E-state index contributed by atoms with van der Waals surface area (Å²) in [4.78, 5) is 4.90. The molecule has 0 aliphatic carbocycles. The summed E-state index contributed by atoms with van der Waals surface area (Å²) in [6, 6.07) is 0. The van der Waals surface area contributed by atoms with Crippen LogP contribution in [-0.2, 0) is 0 Å². The van der Waals surface area contributed by atoms with Crippen LogP contribution in [0.1, 0.15) is 20.8 Å². The van der Waals surface area contributed by atoms with Crippen LogP contribution in [0.2, 0.25) is 0 Å². The van der Waals surface area contributed by atoms with Crippen molar-refractivity contribution in [3.63, 3.8) is 0 Å². The molecule has 1 rings (SSSR count). The normalized spacial score (nSPS) is 20.9. The van der Waals surface area contributed by atoms with Gasteiger partial charge in [-0.05, 0) is 32.5 Å². The number of hydrogen-bond acceptors (Lipinski definition) is 3. The Balaban J connectivity index is 2.46. The number of piperazine rings is 1. The lowest BCUT2D eigenvalue weighted by Gasteiger charge is -2.35. The number of nitrogens with two attached hydrogens (primary N) is 1. The average molecular weight is 209 g/mol. The van der Waals surface area contributed by atoms with Crippen molar-refractivity contribution in [2.45, 2.75) is 20.8 Å². The fourth-order valence-corrected chi connectivity index (χ4v) is 1.77. The van der Waals surface area contributed by atoms with Crippen LogP contribution < -0.4 is 5.73 Å². The molecule has 2 N–H and O–H groups in total. The third kappa shape index (κ3) is 3.96. The van der Waals surface area contributed by atoms with Gasteiger partial charge in [0.1, 0.15) is 0 Å². The summed E-state index contributed by atoms with van der Waals surface area (Å²) in [5.74, 6) is 0. The van der Waals surface area contributed by atoms with Crippen molar-refractivity contribution in [2.24, 2.45) is 5.73 Å². The van der Waals surface area contributed by atoms with Crippen molar-refractivity contribution >= 4 is 0 Å². The van der Waals surface area contributed by atoms with Crippen LogP contribution in [0, 0.1) is 0 Å². The van der Waals surface area contributed by atoms with Gasteiger partial charge in [-0.25, -0.2) is 0 Å². The van der Waals surface area contributed by atoms with E-state index in [4.69, 9.17) is 5.73 Å². The van der Waals surface area contributed by atoms with Crippen LogP contribution in [0.15, 0.2) is 23.5 Å². The van der Waals surface area contributed by atoms with E-state index < -0.39 is 0 Å². The fraction of sp³-hybridized carbons (Fsp3) is 0.667. The Morgan fingerprint density at radius 1 is 1.13 bits per heavy atom. The third-order valence-corrected chi connectivity index (χ3v) is 2.91. The molecule has 86 valence electrons. The lowest BCUT2D eigenvalue weighted by molar-refractivity contribution is 0.165. The molecule has 1 saturated heterocycles. The summed E-state index contributed by atoms with van der Waals surface area (Å²) in [5, 5.41) is 0. The van der Waals surface area contributed by atoms with E-state index in [9.17, 15) is 0 Å². The molecule has 0 unspecified atom stereocenters. The number of likely N-dealkylation sites (N-methyl/N-ethyl adjacent to an activating group) is 1. The molecule has 0 bridgehead atoms. The minimum absolute atomic E-state index is 0.863. The fourth-order valence-electron chi connectivity index (χ4n) is 1.77. The van der Waals surface area contributed by atoms with Gasteiger partial charge < -0.3 is 15.5 Å². The van der Waals surface area contributed by atoms with Crippen molar-refractivity contribution in [1.82, 2.24) is 9.80 Å². The SMILES string of the molecule is CCN1CCN(/C(C)=C/C=C(/C)N)CC1. The molecule has 15 heavy (non-hydrogen) atoms. The summed E-state index contributed by atoms with van der Waals surface area (Å²) < 4.78 is 0. The second-order valence-electron chi connectivity index (χ2n) is 4.14. The molecule has 0 atom stereocenters. The van der Waals surface area contributed by atoms with Gasteiger partial charge in [-0.1, -0.05) is 6.92 Å². The topological polar surface area (TPSA) is 32.5 Å². The first-order valence-electron chi connectivity index (χ1n) is 5.71. The molecular formula is C12H23N3. The molecule has 0 aromatic heterocycles. The summed E-state index contributed by atoms with van der Waals surface area (Å²) in [6.07, 6.45) is 4.08. The predicted octanol–water partition coefficient (Wildman–Crippen LogP) is 1.39. The van der Waals surface area contributed by atoms with Crippen molar-refractivity contribution in [1.29, 1.82) is 0 Å². The second kappa shape index (κ2) is 5.81. The first kappa shape index (κ1) is 12.1. The van der Waals surface area contributed by atoms with Gasteiger partial charge in [0.25, 0.3) is 0 Å². The molecule has 1 aliphatic heterocycles. The molecule has 1 heterocycles. The zero-order valence-electron chi connectivity index (χ0n) is 10.2. The largest absolute Gasteiger partial charge is 0.402 e. The number of allylic oxidation sites excluding steroid dienone is 4. The highest BCUT2D eigenvalue weighted by Crippen LogP contribution is 2.08. The van der Waals surface area contributed by atoms with Crippen LogP contribution in [0.25, 0.3) is 0 Å². The van der Waals surface area contributed by atoms with Gasteiger partial charge in [0.15, 0.2) is 0 Å². The Morgan fingerprint density at radius 2 is 1.73 bits per heavy atom. The monoisotopic (exact) mass is 209 g/mol. The molecule has 0 radical (unpaired) electrons. The van der Waals surface area contributed by atoms with Gasteiger partial charge in [0, 0.05) is 37.6 Å². The number of nitrogens with zero attached hydrogens (tertiary/aromatic N) is 2. The molecule has 1 fully saturated rings. The molecule has 0 amide bonds. The molecule has 0 aromatic rings. The van der Waals surface area contributed by atoms with Gasteiger partial charge in [0.05, 0.1) is 0 Å². The first-order chi connectivity index (χ1) is 7.13. The van der Waals surface area contributed by atoms with Crippen LogP contribution in [0.3, 0.4) is 0 Å². The maximum absolute atomic E-state index is 5.60. The zero-order chi connectivity index (χ0) is 11.3. The van der Waals surface area contributed by atoms with Crippen LogP contribution in [-0.4, -0.2) is 42.5 Å². The van der Waals surface area contributed by atoms with Crippen molar-refractivity contribution in [3.05, 3.63) is 23.5 Å². The molecule has 0 saturated carbocycles. The smallest absolute Gasteiger partial charge is 0.0303 e. The Hall–Kier alpha value is -0.960. The Bertz CT molecular complexity index is 244. The Morgan fingerprint density at radius 3 is 2.20 bits per heavy atom. The minimum atomic E-state index is 0.863. The third-order valence-electron chi connectivity index (χ3n) is 2.91. The Labute approximate surface area is 93.2 Å². The maximum Gasteiger partial charge on any atom is 0.0303 e. The minimum Gasteiger partial charge on any atom is -0.402 e. The molecule has 3 heteroatoms. The molecular weight excluding hydrogens is 186 g/mol. The molecule has 3 nitrogen and oxygen atoms in total. The van der Waals surface area contributed by atoms with Gasteiger partial charge >= 0.3 is 0 Å². The standard InChI is InChI=1S/C12H23N3/c1-4-14-7-9-15(10-8-14)12(3)6-5-11(2)13/h5-6H,4,7-10,13H2,1-3H3/b11-5-,12-6+. The van der Waals surface area contributed by atoms with Crippen LogP contribution >= 0.6 is 0 Å². The molecule has 1 aliphatic rings. The quantitative estimate of drug-likeness (QED) is 0.713. The van der Waals surface area contributed by atoms with Crippen molar-refractivity contribution in [2.75, 3.05) is 32.7 Å². The van der Waals surface area contributed by atoms with Gasteiger partial charge in [-0.3, -0.25) is 0 Å². The van der Waals surface area contributed by atoms with E-state index in [2.05, 4.69) is 29.7 Å². The molecule has 0 spiro atoms. The number of rotatable bonds is 3. The van der Waals surface area contributed by atoms with E-state index in [0.717, 1.165) is 18.8 Å². The zero-order valence-corrected chi connectivity index (χ0v) is 10.2. The van der Waals surface area contributed by atoms with E-state index in [1.54, 1.807) is 0 Å². The second-order valence-corrected chi connectivity index (χ2v) is 4.14. The predicted molar refractivity (Wildman–Crippen MR) is 65.4 cm³/mol. The van der Waals surface area contributed by atoms with Crippen LogP contribution in [0.5, 0.6) is 0 Å². The van der Waals surface area contributed by atoms with Crippen LogP contribution in [0.4, 0.5) is 0 Å². The molecule has 0 aromatic carbocycles. The number of hydrogen-bond donors (Lipinski definition) is 1. The Kier molecular flexibility index (Phi) is 4.69. The lowest BCUT2D eigenvalue weighted by Crippen LogP contribution is -2.45. The summed E-state index contributed by atoms with van der Waals surface area (Å²) in [6.45, 7) is 12.1. The van der Waals surface area contributed by atoms with Gasteiger partial charge in [-0.15, -0.1) is 0 Å². The van der Waals surface area contributed by atoms with Crippen molar-refractivity contribution in [3.8, 4) is 0 Å². The summed E-state index contributed by atoms with van der Waals surface area (Å²) in [5.41, 5.74) is 7.78. The van der Waals surface area contributed by atoms with E-state index in [1.165, 1.54) is 25.3 Å². The highest BCUT2D eigenvalue weighted by molar-refractivity contribution is 5.13. The lowest BCUT2D eigenvalue weighted by atomic mass is 10.2. The van der Waals surface area contributed by atoms with Gasteiger partial charge in [0.2, 0.25) is 0 Å². The average Bonchev–Trinajstić information content (AvgIpc) is 2.26. The van der Waals surface area contributed by atoms with Crippen molar-refractivity contribution < 1.29 is 0 Å². The summed E-state index contributed by atoms with van der Waals surface area (Å²) >= 11 is 0. The first-order valence-corrected chi connectivity index (χ1v) is 5.71. The van der Waals surface area contributed by atoms with E-state index in [-0.39, 0.29) is 0 Å².